The largest absolute Gasteiger partial charge is 0.377 e. The van der Waals surface area contributed by atoms with Gasteiger partial charge in [0.05, 0.1) is 25.2 Å². The van der Waals surface area contributed by atoms with Gasteiger partial charge in [0.2, 0.25) is 11.8 Å². The van der Waals surface area contributed by atoms with Crippen molar-refractivity contribution < 1.29 is 14.3 Å². The highest BCUT2D eigenvalue weighted by Crippen LogP contribution is 2.31. The molecule has 0 bridgehead atoms. The van der Waals surface area contributed by atoms with Gasteiger partial charge in [0.25, 0.3) is 0 Å². The minimum Gasteiger partial charge on any atom is -0.377 e. The number of hydrogen-bond acceptors (Lipinski definition) is 3. The van der Waals surface area contributed by atoms with Gasteiger partial charge in [0, 0.05) is 35.2 Å². The van der Waals surface area contributed by atoms with Crippen LogP contribution in [0.4, 0.5) is 5.69 Å². The van der Waals surface area contributed by atoms with Crippen molar-refractivity contribution in [1.82, 2.24) is 4.90 Å². The topological polar surface area (TPSA) is 49.9 Å². The highest BCUT2D eigenvalue weighted by Gasteiger charge is 2.39. The number of benzene rings is 1. The lowest BCUT2D eigenvalue weighted by atomic mass is 10.1. The molecular formula is C16H18Cl2N2O3. The van der Waals surface area contributed by atoms with Gasteiger partial charge in [-0.2, -0.15) is 0 Å². The molecule has 124 valence electrons. The average Bonchev–Trinajstić information content (AvgIpc) is 2.88. The summed E-state index contributed by atoms with van der Waals surface area (Å²) >= 11 is 12.0. The molecule has 7 heteroatoms. The first-order valence-corrected chi connectivity index (χ1v) is 8.36. The van der Waals surface area contributed by atoms with E-state index in [4.69, 9.17) is 27.9 Å². The number of carbonyl (C=O) groups is 2. The molecule has 2 aliphatic rings. The normalized spacial score (nSPS) is 25.1. The number of rotatable bonds is 2. The number of carbonyl (C=O) groups excluding carboxylic acids is 2. The number of ether oxygens (including phenoxy) is 1. The molecule has 2 heterocycles. The maximum absolute atomic E-state index is 12.7. The molecule has 0 radical (unpaired) electrons. The Bertz CT molecular complexity index is 618. The predicted molar refractivity (Wildman–Crippen MR) is 88.9 cm³/mol. The van der Waals surface area contributed by atoms with E-state index >= 15 is 0 Å². The van der Waals surface area contributed by atoms with Gasteiger partial charge in [-0.25, -0.2) is 0 Å². The van der Waals surface area contributed by atoms with Crippen LogP contribution in [0.15, 0.2) is 18.2 Å². The Morgan fingerprint density at radius 1 is 1.26 bits per heavy atom. The Morgan fingerprint density at radius 3 is 2.61 bits per heavy atom. The third-order valence-corrected chi connectivity index (χ3v) is 4.72. The fourth-order valence-electron chi connectivity index (χ4n) is 3.11. The van der Waals surface area contributed by atoms with Gasteiger partial charge in [-0.05, 0) is 25.1 Å². The summed E-state index contributed by atoms with van der Waals surface area (Å²) in [5, 5.41) is 0.939. The summed E-state index contributed by atoms with van der Waals surface area (Å²) in [5.74, 6) is -0.395. The zero-order chi connectivity index (χ0) is 16.6. The fourth-order valence-corrected chi connectivity index (χ4v) is 3.62. The lowest BCUT2D eigenvalue weighted by Crippen LogP contribution is -2.49. The van der Waals surface area contributed by atoms with Crippen LogP contribution in [-0.2, 0) is 14.3 Å². The van der Waals surface area contributed by atoms with E-state index in [2.05, 4.69) is 0 Å². The van der Waals surface area contributed by atoms with Crippen molar-refractivity contribution in [1.29, 1.82) is 0 Å². The molecule has 23 heavy (non-hydrogen) atoms. The van der Waals surface area contributed by atoms with Crippen molar-refractivity contribution in [3.63, 3.8) is 0 Å². The number of hydrogen-bond donors (Lipinski definition) is 0. The van der Waals surface area contributed by atoms with E-state index in [1.165, 1.54) is 0 Å². The summed E-state index contributed by atoms with van der Waals surface area (Å²) < 4.78 is 5.36. The monoisotopic (exact) mass is 356 g/mol. The average molecular weight is 357 g/mol. The van der Waals surface area contributed by atoms with E-state index in [9.17, 15) is 9.59 Å². The van der Waals surface area contributed by atoms with Crippen LogP contribution in [0.3, 0.4) is 0 Å². The molecule has 0 saturated carbocycles. The van der Waals surface area contributed by atoms with Crippen LogP contribution in [-0.4, -0.2) is 49.1 Å². The standard InChI is InChI=1S/C16H18Cl2N2O3/c1-10-9-23-3-2-19(10)16(22)11-4-15(21)20(8-11)14-6-12(17)5-13(18)7-14/h5-7,10-11H,2-4,8-9H2,1H3/t10-,11?/m0/s1. The van der Waals surface area contributed by atoms with E-state index in [1.807, 2.05) is 11.8 Å². The Labute approximate surface area is 145 Å². The van der Waals surface area contributed by atoms with Crippen molar-refractivity contribution >= 4 is 40.7 Å². The van der Waals surface area contributed by atoms with Crippen molar-refractivity contribution in [2.24, 2.45) is 5.92 Å². The second kappa shape index (κ2) is 6.67. The molecule has 3 rings (SSSR count). The minimum atomic E-state index is -0.333. The second-order valence-corrected chi connectivity index (χ2v) is 6.86. The Hall–Kier alpha value is -1.30. The van der Waals surface area contributed by atoms with Gasteiger partial charge >= 0.3 is 0 Å². The Balaban J connectivity index is 1.75. The second-order valence-electron chi connectivity index (χ2n) is 5.99. The highest BCUT2D eigenvalue weighted by molar-refractivity contribution is 6.35. The first-order valence-electron chi connectivity index (χ1n) is 7.60. The molecule has 5 nitrogen and oxygen atoms in total. The number of nitrogens with zero attached hydrogens (tertiary/aromatic N) is 2. The molecule has 1 aromatic carbocycles. The van der Waals surface area contributed by atoms with Gasteiger partial charge in [-0.15, -0.1) is 0 Å². The van der Waals surface area contributed by atoms with Crippen LogP contribution in [0.1, 0.15) is 13.3 Å². The van der Waals surface area contributed by atoms with Crippen LogP contribution in [0.2, 0.25) is 10.0 Å². The molecule has 2 aliphatic heterocycles. The van der Waals surface area contributed by atoms with Crippen LogP contribution < -0.4 is 4.90 Å². The molecule has 2 fully saturated rings. The van der Waals surface area contributed by atoms with E-state index in [-0.39, 0.29) is 30.2 Å². The van der Waals surface area contributed by atoms with Crippen LogP contribution in [0.25, 0.3) is 0 Å². The number of halogens is 2. The number of amides is 2. The number of anilines is 1. The third kappa shape index (κ3) is 3.47. The number of morpholine rings is 1. The first kappa shape index (κ1) is 16.6. The van der Waals surface area contributed by atoms with Crippen molar-refractivity contribution in [2.45, 2.75) is 19.4 Å². The summed E-state index contributed by atoms with van der Waals surface area (Å²) in [4.78, 5) is 28.4. The zero-order valence-corrected chi connectivity index (χ0v) is 14.3. The molecule has 2 saturated heterocycles. The maximum atomic E-state index is 12.7. The quantitative estimate of drug-likeness (QED) is 0.818. The van der Waals surface area contributed by atoms with Crippen LogP contribution >= 0.6 is 23.2 Å². The van der Waals surface area contributed by atoms with E-state index < -0.39 is 0 Å². The molecule has 2 atom stereocenters. The highest BCUT2D eigenvalue weighted by atomic mass is 35.5. The molecule has 0 spiro atoms. The van der Waals surface area contributed by atoms with Crippen LogP contribution in [0.5, 0.6) is 0 Å². The smallest absolute Gasteiger partial charge is 0.228 e. The van der Waals surface area contributed by atoms with Gasteiger partial charge in [-0.3, -0.25) is 9.59 Å². The Kier molecular flexibility index (Phi) is 4.80. The van der Waals surface area contributed by atoms with Crippen molar-refractivity contribution in [3.8, 4) is 0 Å². The van der Waals surface area contributed by atoms with Crippen molar-refractivity contribution in [2.75, 3.05) is 31.2 Å². The lowest BCUT2D eigenvalue weighted by Gasteiger charge is -2.34. The molecule has 2 amide bonds. The molecular weight excluding hydrogens is 339 g/mol. The summed E-state index contributed by atoms with van der Waals surface area (Å²) in [7, 11) is 0. The minimum absolute atomic E-state index is 0.0183. The predicted octanol–water partition coefficient (Wildman–Crippen LogP) is 2.59. The maximum Gasteiger partial charge on any atom is 0.228 e. The SMILES string of the molecule is C[C@H]1COCCN1C(=O)C1CC(=O)N(c2cc(Cl)cc(Cl)c2)C1. The van der Waals surface area contributed by atoms with Crippen molar-refractivity contribution in [3.05, 3.63) is 28.2 Å². The van der Waals surface area contributed by atoms with Gasteiger partial charge < -0.3 is 14.5 Å². The third-order valence-electron chi connectivity index (χ3n) is 4.28. The molecule has 0 aromatic heterocycles. The fraction of sp³-hybridized carbons (Fsp3) is 0.500. The lowest BCUT2D eigenvalue weighted by molar-refractivity contribution is -0.143. The summed E-state index contributed by atoms with van der Waals surface area (Å²) in [5.41, 5.74) is 0.637. The molecule has 1 unspecified atom stereocenters. The van der Waals surface area contributed by atoms with Gasteiger partial charge in [0.15, 0.2) is 0 Å². The first-order chi connectivity index (χ1) is 11.0. The summed E-state index contributed by atoms with van der Waals surface area (Å²) in [6.07, 6.45) is 0.215. The zero-order valence-electron chi connectivity index (χ0n) is 12.8. The summed E-state index contributed by atoms with van der Waals surface area (Å²) in [6.45, 7) is 3.98. The van der Waals surface area contributed by atoms with E-state index in [0.717, 1.165) is 0 Å². The van der Waals surface area contributed by atoms with Gasteiger partial charge in [-0.1, -0.05) is 23.2 Å². The molecule has 1 aromatic rings. The molecule has 0 N–H and O–H groups in total. The van der Waals surface area contributed by atoms with E-state index in [0.29, 0.717) is 42.0 Å². The Morgan fingerprint density at radius 2 is 1.96 bits per heavy atom. The summed E-state index contributed by atoms with van der Waals surface area (Å²) in [6, 6.07) is 5.04. The van der Waals surface area contributed by atoms with Gasteiger partial charge in [0.1, 0.15) is 0 Å². The molecule has 0 aliphatic carbocycles. The van der Waals surface area contributed by atoms with Crippen LogP contribution in [0, 0.1) is 5.92 Å². The van der Waals surface area contributed by atoms with E-state index in [1.54, 1.807) is 23.1 Å².